The van der Waals surface area contributed by atoms with Gasteiger partial charge < -0.3 is 10.5 Å². The SMILES string of the molecule is CCC(C)c1ccc(OC2CC(N)C2(C)CC)cc1. The predicted molar refractivity (Wildman–Crippen MR) is 80.6 cm³/mol. The van der Waals surface area contributed by atoms with E-state index in [1.807, 2.05) is 0 Å². The molecule has 2 heteroatoms. The Balaban J connectivity index is 2.01. The van der Waals surface area contributed by atoms with E-state index >= 15 is 0 Å². The van der Waals surface area contributed by atoms with Crippen molar-refractivity contribution in [2.45, 2.75) is 65.0 Å². The van der Waals surface area contributed by atoms with Gasteiger partial charge in [0.05, 0.1) is 0 Å². The Labute approximate surface area is 117 Å². The lowest BCUT2D eigenvalue weighted by Crippen LogP contribution is -2.61. The Hall–Kier alpha value is -1.02. The molecule has 1 aliphatic carbocycles. The molecule has 0 bridgehead atoms. The van der Waals surface area contributed by atoms with Crippen LogP contribution in [0.4, 0.5) is 0 Å². The molecule has 1 saturated carbocycles. The topological polar surface area (TPSA) is 35.2 Å². The lowest BCUT2D eigenvalue weighted by molar-refractivity contribution is -0.0560. The molecule has 1 aromatic rings. The smallest absolute Gasteiger partial charge is 0.119 e. The third kappa shape index (κ3) is 2.64. The van der Waals surface area contributed by atoms with Crippen molar-refractivity contribution in [3.05, 3.63) is 29.8 Å². The second kappa shape index (κ2) is 5.54. The highest BCUT2D eigenvalue weighted by molar-refractivity contribution is 5.30. The van der Waals surface area contributed by atoms with E-state index in [0.29, 0.717) is 5.92 Å². The number of hydrogen-bond acceptors (Lipinski definition) is 2. The van der Waals surface area contributed by atoms with Crippen molar-refractivity contribution in [3.63, 3.8) is 0 Å². The van der Waals surface area contributed by atoms with Gasteiger partial charge in [-0.1, -0.05) is 39.8 Å². The second-order valence-corrected chi connectivity index (χ2v) is 6.19. The molecule has 1 aromatic carbocycles. The van der Waals surface area contributed by atoms with E-state index in [0.717, 1.165) is 18.6 Å². The number of rotatable bonds is 5. The fraction of sp³-hybridized carbons (Fsp3) is 0.647. The molecule has 0 spiro atoms. The predicted octanol–water partition coefficient (Wildman–Crippen LogP) is 4.09. The highest BCUT2D eigenvalue weighted by Crippen LogP contribution is 2.44. The molecule has 0 amide bonds. The van der Waals surface area contributed by atoms with Crippen molar-refractivity contribution in [2.24, 2.45) is 11.1 Å². The molecule has 0 aromatic heterocycles. The van der Waals surface area contributed by atoms with E-state index in [2.05, 4.69) is 52.0 Å². The lowest BCUT2D eigenvalue weighted by atomic mass is 9.62. The minimum Gasteiger partial charge on any atom is -0.490 e. The molecular formula is C17H27NO. The average Bonchev–Trinajstić information content (AvgIpc) is 2.45. The third-order valence-electron chi connectivity index (χ3n) is 5.15. The summed E-state index contributed by atoms with van der Waals surface area (Å²) in [6, 6.07) is 8.85. The van der Waals surface area contributed by atoms with Gasteiger partial charge in [-0.05, 0) is 36.5 Å². The molecular weight excluding hydrogens is 234 g/mol. The molecule has 2 N–H and O–H groups in total. The summed E-state index contributed by atoms with van der Waals surface area (Å²) in [5.41, 5.74) is 7.64. The third-order valence-corrected chi connectivity index (χ3v) is 5.15. The maximum Gasteiger partial charge on any atom is 0.119 e. The van der Waals surface area contributed by atoms with Crippen molar-refractivity contribution >= 4 is 0 Å². The van der Waals surface area contributed by atoms with Crippen LogP contribution >= 0.6 is 0 Å². The van der Waals surface area contributed by atoms with Crippen molar-refractivity contribution in [3.8, 4) is 5.75 Å². The van der Waals surface area contributed by atoms with Gasteiger partial charge in [0.1, 0.15) is 11.9 Å². The van der Waals surface area contributed by atoms with Crippen LogP contribution in [0, 0.1) is 5.41 Å². The van der Waals surface area contributed by atoms with Gasteiger partial charge in [-0.25, -0.2) is 0 Å². The maximum absolute atomic E-state index is 6.12. The molecule has 0 radical (unpaired) electrons. The summed E-state index contributed by atoms with van der Waals surface area (Å²) in [5.74, 6) is 1.59. The first-order chi connectivity index (χ1) is 9.01. The number of hydrogen-bond donors (Lipinski definition) is 1. The molecule has 4 unspecified atom stereocenters. The molecule has 1 aliphatic rings. The fourth-order valence-electron chi connectivity index (χ4n) is 2.79. The molecule has 1 fully saturated rings. The van der Waals surface area contributed by atoms with Gasteiger partial charge in [0.2, 0.25) is 0 Å². The van der Waals surface area contributed by atoms with Crippen molar-refractivity contribution in [1.29, 1.82) is 0 Å². The molecule has 0 heterocycles. The Morgan fingerprint density at radius 3 is 2.42 bits per heavy atom. The van der Waals surface area contributed by atoms with Gasteiger partial charge in [0.15, 0.2) is 0 Å². The van der Waals surface area contributed by atoms with Crippen LogP contribution in [0.25, 0.3) is 0 Å². The van der Waals surface area contributed by atoms with Gasteiger partial charge >= 0.3 is 0 Å². The summed E-state index contributed by atoms with van der Waals surface area (Å²) < 4.78 is 6.12. The number of benzene rings is 1. The standard InChI is InChI=1S/C17H27NO/c1-5-12(3)13-7-9-14(10-8-13)19-16-11-15(18)17(16,4)6-2/h7-10,12,15-16H,5-6,11,18H2,1-4H3. The highest BCUT2D eigenvalue weighted by Gasteiger charge is 2.50. The van der Waals surface area contributed by atoms with Crippen molar-refractivity contribution in [2.75, 3.05) is 0 Å². The average molecular weight is 261 g/mol. The van der Waals surface area contributed by atoms with E-state index in [1.54, 1.807) is 0 Å². The largest absolute Gasteiger partial charge is 0.490 e. The molecule has 4 atom stereocenters. The Morgan fingerprint density at radius 1 is 1.32 bits per heavy atom. The van der Waals surface area contributed by atoms with Crippen molar-refractivity contribution in [1.82, 2.24) is 0 Å². The van der Waals surface area contributed by atoms with Crippen LogP contribution in [0.5, 0.6) is 5.75 Å². The van der Waals surface area contributed by atoms with Crippen LogP contribution in [-0.2, 0) is 0 Å². The van der Waals surface area contributed by atoms with Gasteiger partial charge in [-0.3, -0.25) is 0 Å². The van der Waals surface area contributed by atoms with E-state index in [1.165, 1.54) is 12.0 Å². The van der Waals surface area contributed by atoms with Crippen LogP contribution in [-0.4, -0.2) is 12.1 Å². The Bertz CT molecular complexity index is 414. The van der Waals surface area contributed by atoms with Crippen LogP contribution in [0.2, 0.25) is 0 Å². The summed E-state index contributed by atoms with van der Waals surface area (Å²) in [5, 5.41) is 0. The first-order valence-corrected chi connectivity index (χ1v) is 7.53. The molecule has 2 nitrogen and oxygen atoms in total. The number of ether oxygens (including phenoxy) is 1. The zero-order chi connectivity index (χ0) is 14.0. The highest BCUT2D eigenvalue weighted by atomic mass is 16.5. The Kier molecular flexibility index (Phi) is 4.19. The van der Waals surface area contributed by atoms with Crippen LogP contribution in [0.3, 0.4) is 0 Å². The monoisotopic (exact) mass is 261 g/mol. The van der Waals surface area contributed by atoms with Gasteiger partial charge in [0, 0.05) is 17.9 Å². The quantitative estimate of drug-likeness (QED) is 0.866. The van der Waals surface area contributed by atoms with Crippen LogP contribution in [0.1, 0.15) is 58.4 Å². The molecule has 2 rings (SSSR count). The van der Waals surface area contributed by atoms with E-state index in [-0.39, 0.29) is 17.6 Å². The zero-order valence-corrected chi connectivity index (χ0v) is 12.6. The van der Waals surface area contributed by atoms with E-state index in [9.17, 15) is 0 Å². The van der Waals surface area contributed by atoms with Crippen LogP contribution < -0.4 is 10.5 Å². The lowest BCUT2D eigenvalue weighted by Gasteiger charge is -2.51. The minimum absolute atomic E-state index is 0.134. The maximum atomic E-state index is 6.12. The van der Waals surface area contributed by atoms with Crippen LogP contribution in [0.15, 0.2) is 24.3 Å². The first-order valence-electron chi connectivity index (χ1n) is 7.53. The van der Waals surface area contributed by atoms with E-state index in [4.69, 9.17) is 10.5 Å². The fourth-order valence-corrected chi connectivity index (χ4v) is 2.79. The summed E-state index contributed by atoms with van der Waals surface area (Å²) in [4.78, 5) is 0. The molecule has 0 aliphatic heterocycles. The first kappa shape index (κ1) is 14.4. The zero-order valence-electron chi connectivity index (χ0n) is 12.6. The summed E-state index contributed by atoms with van der Waals surface area (Å²) >= 11 is 0. The summed E-state index contributed by atoms with van der Waals surface area (Å²) in [6.45, 7) is 8.91. The summed E-state index contributed by atoms with van der Waals surface area (Å²) in [6.07, 6.45) is 3.48. The molecule has 19 heavy (non-hydrogen) atoms. The second-order valence-electron chi connectivity index (χ2n) is 6.19. The van der Waals surface area contributed by atoms with E-state index < -0.39 is 0 Å². The summed E-state index contributed by atoms with van der Waals surface area (Å²) in [7, 11) is 0. The van der Waals surface area contributed by atoms with Gasteiger partial charge in [-0.15, -0.1) is 0 Å². The van der Waals surface area contributed by atoms with Crippen molar-refractivity contribution < 1.29 is 4.74 Å². The molecule has 106 valence electrons. The Morgan fingerprint density at radius 2 is 1.95 bits per heavy atom. The minimum atomic E-state index is 0.134. The number of nitrogens with two attached hydrogens (primary N) is 1. The normalized spacial score (nSPS) is 31.6. The van der Waals surface area contributed by atoms with Gasteiger partial charge in [-0.2, -0.15) is 0 Å². The molecule has 0 saturated heterocycles. The van der Waals surface area contributed by atoms with Gasteiger partial charge in [0.25, 0.3) is 0 Å².